The summed E-state index contributed by atoms with van der Waals surface area (Å²) in [4.78, 5) is 23.3. The number of esters is 1. The molecule has 7 nitrogen and oxygen atoms in total. The summed E-state index contributed by atoms with van der Waals surface area (Å²) in [6, 6.07) is 5.54. The Labute approximate surface area is 141 Å². The molecule has 0 bridgehead atoms. The van der Waals surface area contributed by atoms with Gasteiger partial charge in [-0.15, -0.1) is 0 Å². The fraction of sp³-hybridized carbons (Fsp3) is 0.500. The van der Waals surface area contributed by atoms with Crippen molar-refractivity contribution in [1.82, 2.24) is 4.72 Å². The van der Waals surface area contributed by atoms with Crippen molar-refractivity contribution in [2.45, 2.75) is 43.1 Å². The van der Waals surface area contributed by atoms with Gasteiger partial charge in [0.2, 0.25) is 0 Å². The third kappa shape index (κ3) is 4.78. The van der Waals surface area contributed by atoms with Crippen molar-refractivity contribution >= 4 is 21.9 Å². The molecule has 1 saturated carbocycles. The van der Waals surface area contributed by atoms with Crippen molar-refractivity contribution in [3.63, 3.8) is 0 Å². The maximum Gasteiger partial charge on any atom is 0.339 e. The number of nitrogens with one attached hydrogen (secondary N) is 1. The number of amides is 1. The minimum atomic E-state index is -4.18. The second kappa shape index (κ2) is 8.25. The maximum absolute atomic E-state index is 12.3. The molecule has 0 unspecified atom stereocenters. The molecule has 0 spiro atoms. The molecule has 0 aliphatic heterocycles. The quantitative estimate of drug-likeness (QED) is 0.779. The Balaban J connectivity index is 2.02. The van der Waals surface area contributed by atoms with E-state index in [0.29, 0.717) is 0 Å². The summed E-state index contributed by atoms with van der Waals surface area (Å²) in [6.07, 6.45) is 5.02. The lowest BCUT2D eigenvalue weighted by molar-refractivity contribution is -0.126. The third-order valence-electron chi connectivity index (χ3n) is 3.83. The van der Waals surface area contributed by atoms with Gasteiger partial charge in [-0.3, -0.25) is 4.79 Å². The fourth-order valence-corrected chi connectivity index (χ4v) is 3.81. The molecule has 1 amide bonds. The summed E-state index contributed by atoms with van der Waals surface area (Å²) in [7, 11) is -3.02. The lowest BCUT2D eigenvalue weighted by atomic mass is 9.98. The van der Waals surface area contributed by atoms with Crippen LogP contribution < -0.4 is 4.72 Å². The van der Waals surface area contributed by atoms with E-state index in [1.165, 1.54) is 24.3 Å². The number of benzene rings is 1. The number of hydrogen-bond acceptors (Lipinski definition) is 6. The van der Waals surface area contributed by atoms with Gasteiger partial charge in [-0.25, -0.2) is 17.9 Å². The molecule has 1 aliphatic rings. The van der Waals surface area contributed by atoms with Crippen LogP contribution in [0.2, 0.25) is 0 Å². The third-order valence-corrected chi connectivity index (χ3v) is 5.26. The molecule has 1 aromatic carbocycles. The largest absolute Gasteiger partial charge is 0.465 e. The molecular weight excluding hydrogens is 334 g/mol. The van der Waals surface area contributed by atoms with Crippen molar-refractivity contribution in [3.8, 4) is 0 Å². The van der Waals surface area contributed by atoms with E-state index in [1.54, 1.807) is 0 Å². The van der Waals surface area contributed by atoms with E-state index >= 15 is 0 Å². The number of methoxy groups -OCH3 is 1. The van der Waals surface area contributed by atoms with E-state index in [9.17, 15) is 18.0 Å². The van der Waals surface area contributed by atoms with Crippen LogP contribution in [0.5, 0.6) is 0 Å². The van der Waals surface area contributed by atoms with Crippen LogP contribution in [0, 0.1) is 0 Å². The van der Waals surface area contributed by atoms with Crippen LogP contribution in [0.15, 0.2) is 29.2 Å². The highest BCUT2D eigenvalue weighted by Crippen LogP contribution is 2.20. The predicted molar refractivity (Wildman–Crippen MR) is 85.9 cm³/mol. The summed E-state index contributed by atoms with van der Waals surface area (Å²) in [5, 5.41) is 0. The molecule has 8 heteroatoms. The average molecular weight is 355 g/mol. The molecule has 1 aliphatic carbocycles. The van der Waals surface area contributed by atoms with Gasteiger partial charge in [0.25, 0.3) is 15.9 Å². The van der Waals surface area contributed by atoms with E-state index in [2.05, 4.69) is 4.74 Å². The lowest BCUT2D eigenvalue weighted by Gasteiger charge is -2.21. The Bertz CT molecular complexity index is 694. The van der Waals surface area contributed by atoms with Gasteiger partial charge >= 0.3 is 5.97 Å². The number of rotatable bonds is 6. The molecule has 2 rings (SSSR count). The molecule has 24 heavy (non-hydrogen) atoms. The first-order chi connectivity index (χ1) is 11.4. The minimum Gasteiger partial charge on any atom is -0.465 e. The summed E-state index contributed by atoms with van der Waals surface area (Å²) >= 11 is 0. The number of carbonyl (C=O) groups is 2. The molecule has 0 saturated heterocycles. The first-order valence-electron chi connectivity index (χ1n) is 7.78. The van der Waals surface area contributed by atoms with Crippen molar-refractivity contribution in [1.29, 1.82) is 0 Å². The van der Waals surface area contributed by atoms with Gasteiger partial charge in [0.05, 0.1) is 18.8 Å². The molecule has 0 aromatic heterocycles. The van der Waals surface area contributed by atoms with Gasteiger partial charge in [0.1, 0.15) is 11.5 Å². The van der Waals surface area contributed by atoms with Gasteiger partial charge < -0.3 is 9.47 Å². The van der Waals surface area contributed by atoms with E-state index < -0.39 is 21.9 Å². The first kappa shape index (κ1) is 18.4. The molecular formula is C16H21NO6S. The number of sulfonamides is 1. The van der Waals surface area contributed by atoms with Gasteiger partial charge in [0.15, 0.2) is 0 Å². The molecule has 1 fully saturated rings. The Kier molecular flexibility index (Phi) is 6.33. The van der Waals surface area contributed by atoms with Gasteiger partial charge in [-0.2, -0.15) is 0 Å². The lowest BCUT2D eigenvalue weighted by Crippen LogP contribution is -2.35. The highest BCUT2D eigenvalue weighted by molar-refractivity contribution is 7.90. The van der Waals surface area contributed by atoms with E-state index in [-0.39, 0.29) is 23.2 Å². The Morgan fingerprint density at radius 1 is 1.17 bits per heavy atom. The second-order valence-corrected chi connectivity index (χ2v) is 7.24. The fourth-order valence-electron chi connectivity index (χ4n) is 2.64. The van der Waals surface area contributed by atoms with Crippen LogP contribution in [0.25, 0.3) is 0 Å². The molecule has 1 aromatic rings. The molecule has 0 heterocycles. The molecule has 0 radical (unpaired) electrons. The van der Waals surface area contributed by atoms with Crippen molar-refractivity contribution in [2.75, 3.05) is 13.7 Å². The standard InChI is InChI=1S/C16H21NO6S/c1-22-16(19)13-9-5-6-10-14(13)24(20,21)17-15(18)11-23-12-7-3-2-4-8-12/h5-6,9-10,12H,2-4,7-8,11H2,1H3,(H,17,18). The Hall–Kier alpha value is -1.93. The van der Waals surface area contributed by atoms with Crippen molar-refractivity contribution < 1.29 is 27.5 Å². The number of hydrogen-bond donors (Lipinski definition) is 1. The second-order valence-electron chi connectivity index (χ2n) is 5.59. The zero-order valence-corrected chi connectivity index (χ0v) is 14.3. The Morgan fingerprint density at radius 2 is 1.83 bits per heavy atom. The monoisotopic (exact) mass is 355 g/mol. The molecule has 1 N–H and O–H groups in total. The van der Waals surface area contributed by atoms with Crippen LogP contribution in [0.3, 0.4) is 0 Å². The maximum atomic E-state index is 12.3. The summed E-state index contributed by atoms with van der Waals surface area (Å²) in [6.45, 7) is -0.329. The summed E-state index contributed by atoms with van der Waals surface area (Å²) in [5.41, 5.74) is -0.131. The summed E-state index contributed by atoms with van der Waals surface area (Å²) < 4.78 is 36.6. The number of carbonyl (C=O) groups excluding carboxylic acids is 2. The zero-order chi connectivity index (χ0) is 17.6. The van der Waals surface area contributed by atoms with Crippen LogP contribution in [0.1, 0.15) is 42.5 Å². The topological polar surface area (TPSA) is 98.8 Å². The van der Waals surface area contributed by atoms with Crippen LogP contribution >= 0.6 is 0 Å². The Morgan fingerprint density at radius 3 is 2.50 bits per heavy atom. The minimum absolute atomic E-state index is 0.00504. The number of ether oxygens (including phenoxy) is 2. The van der Waals surface area contributed by atoms with E-state index in [4.69, 9.17) is 4.74 Å². The van der Waals surface area contributed by atoms with E-state index in [0.717, 1.165) is 39.2 Å². The van der Waals surface area contributed by atoms with Gasteiger partial charge in [-0.05, 0) is 25.0 Å². The highest BCUT2D eigenvalue weighted by Gasteiger charge is 2.25. The smallest absolute Gasteiger partial charge is 0.339 e. The van der Waals surface area contributed by atoms with Crippen molar-refractivity contribution in [3.05, 3.63) is 29.8 Å². The summed E-state index contributed by atoms with van der Waals surface area (Å²) in [5.74, 6) is -1.55. The average Bonchev–Trinajstić information content (AvgIpc) is 2.60. The van der Waals surface area contributed by atoms with Crippen LogP contribution in [-0.2, 0) is 24.3 Å². The normalized spacial score (nSPS) is 15.7. The highest BCUT2D eigenvalue weighted by atomic mass is 32.2. The van der Waals surface area contributed by atoms with Gasteiger partial charge in [-0.1, -0.05) is 31.4 Å². The molecule has 132 valence electrons. The first-order valence-corrected chi connectivity index (χ1v) is 9.27. The SMILES string of the molecule is COC(=O)c1ccccc1S(=O)(=O)NC(=O)COC1CCCCC1. The van der Waals surface area contributed by atoms with Crippen LogP contribution in [0.4, 0.5) is 0 Å². The zero-order valence-electron chi connectivity index (χ0n) is 13.5. The predicted octanol–water partition coefficient (Wildman–Crippen LogP) is 1.63. The van der Waals surface area contributed by atoms with Crippen molar-refractivity contribution in [2.24, 2.45) is 0 Å². The van der Waals surface area contributed by atoms with Crippen LogP contribution in [-0.4, -0.2) is 40.1 Å². The molecule has 0 atom stereocenters. The van der Waals surface area contributed by atoms with E-state index in [1.807, 2.05) is 4.72 Å². The van der Waals surface area contributed by atoms with Gasteiger partial charge in [0, 0.05) is 0 Å².